The molecule has 0 aliphatic rings. The average Bonchev–Trinajstić information content (AvgIpc) is 2.74. The van der Waals surface area contributed by atoms with E-state index in [4.69, 9.17) is 4.74 Å². The first-order valence-electron chi connectivity index (χ1n) is 10.7. The van der Waals surface area contributed by atoms with Crippen LogP contribution in [0.2, 0.25) is 0 Å². The van der Waals surface area contributed by atoms with Gasteiger partial charge in [0, 0.05) is 12.6 Å². The third-order valence-electron chi connectivity index (χ3n) is 5.15. The lowest BCUT2D eigenvalue weighted by Crippen LogP contribution is -2.52. The van der Waals surface area contributed by atoms with E-state index in [0.717, 1.165) is 21.7 Å². The predicted octanol–water partition coefficient (Wildman–Crippen LogP) is 2.71. The van der Waals surface area contributed by atoms with Gasteiger partial charge in [-0.25, -0.2) is 8.42 Å². The third kappa shape index (κ3) is 7.21. The molecule has 2 rings (SSSR count). The maximum Gasteiger partial charge on any atom is 0.244 e. The molecule has 0 unspecified atom stereocenters. The molecule has 1 N–H and O–H groups in total. The van der Waals surface area contributed by atoms with Gasteiger partial charge in [0.2, 0.25) is 21.8 Å². The van der Waals surface area contributed by atoms with Crippen molar-refractivity contribution in [3.8, 4) is 5.75 Å². The molecule has 0 aromatic heterocycles. The van der Waals surface area contributed by atoms with E-state index in [1.165, 1.54) is 4.90 Å². The van der Waals surface area contributed by atoms with Crippen molar-refractivity contribution in [1.29, 1.82) is 0 Å². The Labute approximate surface area is 196 Å². The summed E-state index contributed by atoms with van der Waals surface area (Å²) < 4.78 is 31.5. The maximum absolute atomic E-state index is 13.5. The molecule has 0 saturated heterocycles. The van der Waals surface area contributed by atoms with Gasteiger partial charge in [-0.05, 0) is 57.0 Å². The standard InChI is InChI=1S/C24H33N3O5S/c1-17(2)25-24(29)19(4)26(15-20-11-9-12-21(14-20)32-5)23(28)16-27(33(6,30)31)22-13-8-7-10-18(22)3/h7-14,17,19H,15-16H2,1-6H3,(H,25,29)/t19-/m1/s1. The normalized spacial score (nSPS) is 12.2. The molecule has 0 bridgehead atoms. The molecule has 0 aliphatic heterocycles. The van der Waals surface area contributed by atoms with E-state index in [2.05, 4.69) is 5.32 Å². The molecular formula is C24H33N3O5S. The summed E-state index contributed by atoms with van der Waals surface area (Å²) >= 11 is 0. The Kier molecular flexibility index (Phi) is 8.87. The molecule has 0 fully saturated rings. The first kappa shape index (κ1) is 26.2. The number of carbonyl (C=O) groups excluding carboxylic acids is 2. The largest absolute Gasteiger partial charge is 0.497 e. The Morgan fingerprint density at radius 1 is 1.06 bits per heavy atom. The lowest BCUT2D eigenvalue weighted by molar-refractivity contribution is -0.139. The Hall–Kier alpha value is -3.07. The summed E-state index contributed by atoms with van der Waals surface area (Å²) in [4.78, 5) is 27.6. The number of ether oxygens (including phenoxy) is 1. The van der Waals surface area contributed by atoms with Crippen LogP contribution in [0.3, 0.4) is 0 Å². The molecule has 0 saturated carbocycles. The van der Waals surface area contributed by atoms with Crippen molar-refractivity contribution in [3.05, 3.63) is 59.7 Å². The predicted molar refractivity (Wildman–Crippen MR) is 130 cm³/mol. The van der Waals surface area contributed by atoms with Gasteiger partial charge >= 0.3 is 0 Å². The Bertz CT molecular complexity index is 1090. The summed E-state index contributed by atoms with van der Waals surface area (Å²) in [5.41, 5.74) is 1.91. The van der Waals surface area contributed by atoms with Crippen LogP contribution in [0.15, 0.2) is 48.5 Å². The zero-order valence-corrected chi connectivity index (χ0v) is 20.8. The van der Waals surface area contributed by atoms with E-state index in [1.54, 1.807) is 63.4 Å². The molecule has 2 amide bonds. The van der Waals surface area contributed by atoms with Gasteiger partial charge < -0.3 is 15.0 Å². The minimum absolute atomic E-state index is 0.104. The number of benzene rings is 2. The monoisotopic (exact) mass is 475 g/mol. The molecular weight excluding hydrogens is 442 g/mol. The van der Waals surface area contributed by atoms with Crippen LogP contribution in [-0.2, 0) is 26.2 Å². The number of amides is 2. The van der Waals surface area contributed by atoms with E-state index in [0.29, 0.717) is 11.4 Å². The average molecular weight is 476 g/mol. The van der Waals surface area contributed by atoms with Gasteiger partial charge in [0.05, 0.1) is 19.1 Å². The lowest BCUT2D eigenvalue weighted by Gasteiger charge is -2.32. The molecule has 9 heteroatoms. The van der Waals surface area contributed by atoms with Gasteiger partial charge in [0.15, 0.2) is 0 Å². The molecule has 0 spiro atoms. The SMILES string of the molecule is COc1cccc(CN(C(=O)CN(c2ccccc2C)S(C)(=O)=O)[C@H](C)C(=O)NC(C)C)c1. The van der Waals surface area contributed by atoms with E-state index in [9.17, 15) is 18.0 Å². The summed E-state index contributed by atoms with van der Waals surface area (Å²) in [6.07, 6.45) is 1.06. The zero-order chi connectivity index (χ0) is 24.8. The van der Waals surface area contributed by atoms with Crippen LogP contribution >= 0.6 is 0 Å². The van der Waals surface area contributed by atoms with E-state index < -0.39 is 28.5 Å². The molecule has 0 aliphatic carbocycles. The van der Waals surface area contributed by atoms with Crippen LogP contribution in [0.4, 0.5) is 5.69 Å². The number of nitrogens with one attached hydrogen (secondary N) is 1. The quantitative estimate of drug-likeness (QED) is 0.570. The fraction of sp³-hybridized carbons (Fsp3) is 0.417. The van der Waals surface area contributed by atoms with Crippen molar-refractivity contribution in [1.82, 2.24) is 10.2 Å². The number of sulfonamides is 1. The molecule has 0 radical (unpaired) electrons. The van der Waals surface area contributed by atoms with E-state index in [-0.39, 0.29) is 18.5 Å². The van der Waals surface area contributed by atoms with E-state index >= 15 is 0 Å². The highest BCUT2D eigenvalue weighted by Gasteiger charge is 2.30. The number of para-hydroxylation sites is 1. The minimum Gasteiger partial charge on any atom is -0.497 e. The number of anilines is 1. The number of nitrogens with zero attached hydrogens (tertiary/aromatic N) is 2. The van der Waals surface area contributed by atoms with Crippen molar-refractivity contribution in [2.45, 2.75) is 46.3 Å². The molecule has 33 heavy (non-hydrogen) atoms. The topological polar surface area (TPSA) is 96.0 Å². The molecule has 1 atom stereocenters. The van der Waals surface area contributed by atoms with Gasteiger partial charge in [-0.2, -0.15) is 0 Å². The zero-order valence-electron chi connectivity index (χ0n) is 20.0. The summed E-state index contributed by atoms with van der Waals surface area (Å²) in [5, 5.41) is 2.82. The highest BCUT2D eigenvalue weighted by Crippen LogP contribution is 2.23. The smallest absolute Gasteiger partial charge is 0.244 e. The lowest BCUT2D eigenvalue weighted by atomic mass is 10.1. The molecule has 8 nitrogen and oxygen atoms in total. The summed E-state index contributed by atoms with van der Waals surface area (Å²) in [5.74, 6) is -0.183. The van der Waals surface area contributed by atoms with Gasteiger partial charge in [-0.15, -0.1) is 0 Å². The minimum atomic E-state index is -3.75. The fourth-order valence-corrected chi connectivity index (χ4v) is 4.30. The summed E-state index contributed by atoms with van der Waals surface area (Å²) in [6, 6.07) is 13.2. The van der Waals surface area contributed by atoms with Crippen LogP contribution in [0, 0.1) is 6.92 Å². The van der Waals surface area contributed by atoms with Gasteiger partial charge in [0.1, 0.15) is 18.3 Å². The second-order valence-corrected chi connectivity index (χ2v) is 10.2. The van der Waals surface area contributed by atoms with Gasteiger partial charge in [0.25, 0.3) is 0 Å². The fourth-order valence-electron chi connectivity index (χ4n) is 3.39. The van der Waals surface area contributed by atoms with E-state index in [1.807, 2.05) is 19.9 Å². The molecule has 2 aromatic carbocycles. The van der Waals surface area contributed by atoms with Gasteiger partial charge in [-0.3, -0.25) is 13.9 Å². The van der Waals surface area contributed by atoms with Crippen molar-refractivity contribution >= 4 is 27.5 Å². The maximum atomic E-state index is 13.5. The Morgan fingerprint density at radius 2 is 1.73 bits per heavy atom. The number of aryl methyl sites for hydroxylation is 1. The van der Waals surface area contributed by atoms with Gasteiger partial charge in [-0.1, -0.05) is 30.3 Å². The van der Waals surface area contributed by atoms with Crippen LogP contribution in [0.1, 0.15) is 31.9 Å². The van der Waals surface area contributed by atoms with Crippen molar-refractivity contribution in [3.63, 3.8) is 0 Å². The second-order valence-electron chi connectivity index (χ2n) is 8.27. The number of carbonyl (C=O) groups is 2. The Morgan fingerprint density at radius 3 is 2.30 bits per heavy atom. The number of hydrogen-bond donors (Lipinski definition) is 1. The van der Waals surface area contributed by atoms with Crippen LogP contribution in [-0.4, -0.2) is 57.1 Å². The Balaban J connectivity index is 2.42. The first-order chi connectivity index (χ1) is 15.4. The van der Waals surface area contributed by atoms with Crippen LogP contribution in [0.25, 0.3) is 0 Å². The highest BCUT2D eigenvalue weighted by atomic mass is 32.2. The highest BCUT2D eigenvalue weighted by molar-refractivity contribution is 7.92. The number of hydrogen-bond acceptors (Lipinski definition) is 5. The molecule has 0 heterocycles. The second kappa shape index (κ2) is 11.2. The van der Waals surface area contributed by atoms with Crippen LogP contribution < -0.4 is 14.4 Å². The first-order valence-corrected chi connectivity index (χ1v) is 12.5. The number of rotatable bonds is 10. The number of methoxy groups -OCH3 is 1. The van der Waals surface area contributed by atoms with Crippen LogP contribution in [0.5, 0.6) is 5.75 Å². The third-order valence-corrected chi connectivity index (χ3v) is 6.28. The summed E-state index contributed by atoms with van der Waals surface area (Å²) in [7, 11) is -2.20. The summed E-state index contributed by atoms with van der Waals surface area (Å²) in [6.45, 7) is 6.78. The molecule has 2 aromatic rings. The molecule has 180 valence electrons. The van der Waals surface area contributed by atoms with Crippen molar-refractivity contribution < 1.29 is 22.7 Å². The van der Waals surface area contributed by atoms with Crippen molar-refractivity contribution in [2.24, 2.45) is 0 Å². The van der Waals surface area contributed by atoms with Crippen molar-refractivity contribution in [2.75, 3.05) is 24.2 Å².